The minimum absolute atomic E-state index is 0.0676. The Morgan fingerprint density at radius 3 is 2.65 bits per heavy atom. The van der Waals surface area contributed by atoms with Crippen molar-refractivity contribution in [1.82, 2.24) is 5.32 Å². The van der Waals surface area contributed by atoms with E-state index in [1.54, 1.807) is 12.3 Å². The van der Waals surface area contributed by atoms with Crippen LogP contribution in [0.5, 0.6) is 5.75 Å². The molecule has 0 aliphatic rings. The Balaban J connectivity index is 1.97. The molecule has 0 amide bonds. The van der Waals surface area contributed by atoms with E-state index in [0.717, 1.165) is 17.9 Å². The minimum Gasteiger partial charge on any atom is -0.484 e. The summed E-state index contributed by atoms with van der Waals surface area (Å²) in [7, 11) is 0. The molecule has 0 unspecified atom stereocenters. The summed E-state index contributed by atoms with van der Waals surface area (Å²) in [5.74, 6) is 1.49. The lowest BCUT2D eigenvalue weighted by molar-refractivity contribution is 0.267. The third-order valence-corrected chi connectivity index (χ3v) is 3.15. The zero-order chi connectivity index (χ0) is 14.6. The number of furan rings is 1. The molecular weight excluding hydrogens is 274 g/mol. The molecule has 108 valence electrons. The Bertz CT molecular complexity index is 558. The van der Waals surface area contributed by atoms with Crippen LogP contribution in [0.25, 0.3) is 0 Å². The molecule has 1 aromatic carbocycles. The van der Waals surface area contributed by atoms with E-state index in [4.69, 9.17) is 20.8 Å². The van der Waals surface area contributed by atoms with Crippen LogP contribution in [0.15, 0.2) is 41.0 Å². The summed E-state index contributed by atoms with van der Waals surface area (Å²) in [6.07, 6.45) is 1.69. The van der Waals surface area contributed by atoms with Gasteiger partial charge in [-0.2, -0.15) is 0 Å². The number of para-hydroxylation sites is 1. The summed E-state index contributed by atoms with van der Waals surface area (Å²) in [5.41, 5.74) is 1.17. The van der Waals surface area contributed by atoms with Gasteiger partial charge in [0, 0.05) is 17.6 Å². The van der Waals surface area contributed by atoms with Gasteiger partial charge in [-0.25, -0.2) is 0 Å². The van der Waals surface area contributed by atoms with Crippen LogP contribution in [0.1, 0.15) is 32.1 Å². The zero-order valence-electron chi connectivity index (χ0n) is 12.1. The lowest BCUT2D eigenvalue weighted by Gasteiger charge is -2.20. The Morgan fingerprint density at radius 2 is 1.95 bits per heavy atom. The first kappa shape index (κ1) is 14.9. The Morgan fingerprint density at radius 1 is 1.20 bits per heavy atom. The van der Waals surface area contributed by atoms with Gasteiger partial charge in [0.1, 0.15) is 18.1 Å². The third kappa shape index (κ3) is 4.29. The van der Waals surface area contributed by atoms with Crippen molar-refractivity contribution >= 4 is 11.6 Å². The predicted octanol–water partition coefficient (Wildman–Crippen LogP) is 4.40. The van der Waals surface area contributed by atoms with Crippen LogP contribution in [0.4, 0.5) is 0 Å². The van der Waals surface area contributed by atoms with Crippen molar-refractivity contribution in [3.8, 4) is 5.75 Å². The molecule has 0 saturated carbocycles. The van der Waals surface area contributed by atoms with Crippen molar-refractivity contribution in [2.24, 2.45) is 0 Å². The molecule has 0 fully saturated rings. The number of hydrogen-bond donors (Lipinski definition) is 1. The molecule has 0 spiro atoms. The topological polar surface area (TPSA) is 34.4 Å². The number of benzene rings is 1. The van der Waals surface area contributed by atoms with Crippen molar-refractivity contribution in [3.05, 3.63) is 52.9 Å². The van der Waals surface area contributed by atoms with Crippen molar-refractivity contribution in [3.63, 3.8) is 0 Å². The van der Waals surface area contributed by atoms with Gasteiger partial charge in [0.25, 0.3) is 0 Å². The monoisotopic (exact) mass is 293 g/mol. The maximum atomic E-state index is 6.06. The fraction of sp³-hybridized carbons (Fsp3) is 0.375. The number of rotatable bonds is 5. The summed E-state index contributed by atoms with van der Waals surface area (Å²) >= 11 is 6.06. The van der Waals surface area contributed by atoms with Gasteiger partial charge in [-0.05, 0) is 39.0 Å². The SMILES string of the molecule is CC(C)(C)NCc1ccoc1COc1ccccc1Cl. The molecule has 1 N–H and O–H groups in total. The highest BCUT2D eigenvalue weighted by molar-refractivity contribution is 6.32. The summed E-state index contributed by atoms with van der Waals surface area (Å²) in [6.45, 7) is 7.52. The van der Waals surface area contributed by atoms with Gasteiger partial charge < -0.3 is 14.5 Å². The average molecular weight is 294 g/mol. The quantitative estimate of drug-likeness (QED) is 0.887. The Kier molecular flexibility index (Phi) is 4.73. The second-order valence-electron chi connectivity index (χ2n) is 5.69. The van der Waals surface area contributed by atoms with E-state index in [-0.39, 0.29) is 5.54 Å². The highest BCUT2D eigenvalue weighted by atomic mass is 35.5. The molecule has 2 aromatic rings. The lowest BCUT2D eigenvalue weighted by atomic mass is 10.1. The smallest absolute Gasteiger partial charge is 0.146 e. The Hall–Kier alpha value is -1.45. The van der Waals surface area contributed by atoms with E-state index in [0.29, 0.717) is 17.4 Å². The van der Waals surface area contributed by atoms with Gasteiger partial charge in [-0.3, -0.25) is 0 Å². The predicted molar refractivity (Wildman–Crippen MR) is 81.1 cm³/mol. The maximum absolute atomic E-state index is 6.06. The molecule has 20 heavy (non-hydrogen) atoms. The molecular formula is C16H20ClNO2. The second kappa shape index (κ2) is 6.33. The molecule has 0 aliphatic carbocycles. The third-order valence-electron chi connectivity index (χ3n) is 2.84. The van der Waals surface area contributed by atoms with Gasteiger partial charge in [-0.1, -0.05) is 23.7 Å². The Labute approximate surface area is 124 Å². The van der Waals surface area contributed by atoms with Crippen LogP contribution in [0.3, 0.4) is 0 Å². The summed E-state index contributed by atoms with van der Waals surface area (Å²) in [4.78, 5) is 0. The van der Waals surface area contributed by atoms with Gasteiger partial charge >= 0.3 is 0 Å². The molecule has 0 bridgehead atoms. The normalized spacial score (nSPS) is 11.6. The summed E-state index contributed by atoms with van der Waals surface area (Å²) in [6, 6.07) is 9.38. The van der Waals surface area contributed by atoms with E-state index < -0.39 is 0 Å². The molecule has 4 heteroatoms. The van der Waals surface area contributed by atoms with E-state index >= 15 is 0 Å². The van der Waals surface area contributed by atoms with Crippen LogP contribution in [0.2, 0.25) is 5.02 Å². The van der Waals surface area contributed by atoms with Crippen molar-refractivity contribution < 1.29 is 9.15 Å². The first-order valence-electron chi connectivity index (χ1n) is 6.63. The first-order chi connectivity index (χ1) is 9.46. The summed E-state index contributed by atoms with van der Waals surface area (Å²) < 4.78 is 11.2. The van der Waals surface area contributed by atoms with Crippen molar-refractivity contribution in [2.75, 3.05) is 0 Å². The molecule has 2 rings (SSSR count). The maximum Gasteiger partial charge on any atom is 0.146 e. The highest BCUT2D eigenvalue weighted by Gasteiger charge is 2.13. The number of ether oxygens (including phenoxy) is 1. The van der Waals surface area contributed by atoms with Gasteiger partial charge in [0.05, 0.1) is 11.3 Å². The van der Waals surface area contributed by atoms with Gasteiger partial charge in [-0.15, -0.1) is 0 Å². The van der Waals surface area contributed by atoms with E-state index in [2.05, 4.69) is 26.1 Å². The summed E-state index contributed by atoms with van der Waals surface area (Å²) in [5, 5.41) is 4.04. The lowest BCUT2D eigenvalue weighted by Crippen LogP contribution is -2.35. The molecule has 0 atom stereocenters. The zero-order valence-corrected chi connectivity index (χ0v) is 12.8. The molecule has 1 heterocycles. The minimum atomic E-state index is 0.0676. The van der Waals surface area contributed by atoms with Crippen molar-refractivity contribution in [2.45, 2.75) is 39.5 Å². The fourth-order valence-corrected chi connectivity index (χ4v) is 1.91. The van der Waals surface area contributed by atoms with Crippen LogP contribution < -0.4 is 10.1 Å². The number of hydrogen-bond acceptors (Lipinski definition) is 3. The van der Waals surface area contributed by atoms with Crippen LogP contribution in [0, 0.1) is 0 Å². The van der Waals surface area contributed by atoms with Crippen LogP contribution >= 0.6 is 11.6 Å². The molecule has 1 aromatic heterocycles. The molecule has 0 saturated heterocycles. The average Bonchev–Trinajstić information content (AvgIpc) is 2.82. The number of halogens is 1. The fourth-order valence-electron chi connectivity index (χ4n) is 1.72. The van der Waals surface area contributed by atoms with Gasteiger partial charge in [0.15, 0.2) is 0 Å². The molecule has 0 aliphatic heterocycles. The van der Waals surface area contributed by atoms with Gasteiger partial charge in [0.2, 0.25) is 0 Å². The molecule has 0 radical (unpaired) electrons. The standard InChI is InChI=1S/C16H20ClNO2/c1-16(2,3)18-10-12-8-9-19-15(12)11-20-14-7-5-4-6-13(14)17/h4-9,18H,10-11H2,1-3H3. The van der Waals surface area contributed by atoms with Crippen LogP contribution in [-0.4, -0.2) is 5.54 Å². The van der Waals surface area contributed by atoms with Crippen molar-refractivity contribution in [1.29, 1.82) is 0 Å². The van der Waals surface area contributed by atoms with E-state index in [1.807, 2.05) is 24.3 Å². The number of nitrogens with one attached hydrogen (secondary N) is 1. The first-order valence-corrected chi connectivity index (χ1v) is 7.01. The second-order valence-corrected chi connectivity index (χ2v) is 6.10. The van der Waals surface area contributed by atoms with Crippen LogP contribution in [-0.2, 0) is 13.2 Å². The molecule has 3 nitrogen and oxygen atoms in total. The largest absolute Gasteiger partial charge is 0.484 e. The highest BCUT2D eigenvalue weighted by Crippen LogP contribution is 2.24. The van der Waals surface area contributed by atoms with E-state index in [9.17, 15) is 0 Å². The van der Waals surface area contributed by atoms with E-state index in [1.165, 1.54) is 0 Å².